The van der Waals surface area contributed by atoms with Gasteiger partial charge in [-0.05, 0) is 52.3 Å². The van der Waals surface area contributed by atoms with Crippen LogP contribution in [0.5, 0.6) is 5.75 Å². The van der Waals surface area contributed by atoms with E-state index in [0.29, 0.717) is 34.0 Å². The Balaban J connectivity index is 1.92. The Morgan fingerprint density at radius 3 is 2.61 bits per heavy atom. The molecule has 1 heterocycles. The standard InChI is InChI=1S/C18H18BrClN2O5S/c1-26-16-5-3-13(21-18(23)14-10-12(20)2-4-15(14)19)11-17(16)28(24,25)22-6-8-27-9-7-22/h2-5,10-11H,6-9H2,1H3,(H,21,23). The van der Waals surface area contributed by atoms with E-state index in [9.17, 15) is 13.2 Å². The number of halogens is 2. The Kier molecular flexibility index (Phi) is 6.61. The third kappa shape index (κ3) is 4.49. The Bertz CT molecular complexity index is 993. The van der Waals surface area contributed by atoms with E-state index in [4.69, 9.17) is 21.1 Å². The molecule has 2 aromatic rings. The summed E-state index contributed by atoms with van der Waals surface area (Å²) in [5.41, 5.74) is 0.658. The highest BCUT2D eigenvalue weighted by Gasteiger charge is 2.29. The molecule has 0 radical (unpaired) electrons. The van der Waals surface area contributed by atoms with Gasteiger partial charge in [-0.1, -0.05) is 11.6 Å². The van der Waals surface area contributed by atoms with Crippen molar-refractivity contribution in [2.24, 2.45) is 0 Å². The normalized spacial score (nSPS) is 15.2. The summed E-state index contributed by atoms with van der Waals surface area (Å²) in [6.45, 7) is 1.19. The summed E-state index contributed by atoms with van der Waals surface area (Å²) < 4.78 is 38.4. The summed E-state index contributed by atoms with van der Waals surface area (Å²) in [5.74, 6) is -0.220. The molecule has 28 heavy (non-hydrogen) atoms. The molecular formula is C18H18BrClN2O5S. The van der Waals surface area contributed by atoms with E-state index in [-0.39, 0.29) is 23.7 Å². The molecule has 3 rings (SSSR count). The molecule has 0 unspecified atom stereocenters. The van der Waals surface area contributed by atoms with Gasteiger partial charge in [0.05, 0.1) is 25.9 Å². The number of carbonyl (C=O) groups excluding carboxylic acids is 1. The Hall–Kier alpha value is -1.65. The number of ether oxygens (including phenoxy) is 2. The lowest BCUT2D eigenvalue weighted by Crippen LogP contribution is -2.40. The van der Waals surface area contributed by atoms with Crippen molar-refractivity contribution in [3.05, 3.63) is 51.5 Å². The number of nitrogens with one attached hydrogen (secondary N) is 1. The number of sulfonamides is 1. The minimum absolute atomic E-state index is 0.0140. The third-order valence-electron chi connectivity index (χ3n) is 4.18. The number of hydrogen-bond acceptors (Lipinski definition) is 5. The smallest absolute Gasteiger partial charge is 0.256 e. The molecule has 1 aliphatic heterocycles. The summed E-state index contributed by atoms with van der Waals surface area (Å²) >= 11 is 9.27. The van der Waals surface area contributed by atoms with Crippen LogP contribution in [0, 0.1) is 0 Å². The summed E-state index contributed by atoms with van der Waals surface area (Å²) in [6.07, 6.45) is 0. The number of nitrogens with zero attached hydrogens (tertiary/aromatic N) is 1. The summed E-state index contributed by atoms with van der Waals surface area (Å²) in [7, 11) is -2.40. The second-order valence-corrected chi connectivity index (χ2v) is 9.16. The number of hydrogen-bond donors (Lipinski definition) is 1. The first kappa shape index (κ1) is 21.1. The summed E-state index contributed by atoms with van der Waals surface area (Å²) in [5, 5.41) is 3.12. The molecule has 1 amide bonds. The number of methoxy groups -OCH3 is 1. The van der Waals surface area contributed by atoms with Gasteiger partial charge in [0.25, 0.3) is 5.91 Å². The van der Waals surface area contributed by atoms with Crippen molar-refractivity contribution in [3.8, 4) is 5.75 Å². The molecule has 2 aromatic carbocycles. The van der Waals surface area contributed by atoms with Gasteiger partial charge >= 0.3 is 0 Å². The predicted molar refractivity (Wildman–Crippen MR) is 110 cm³/mol. The number of amides is 1. The maximum Gasteiger partial charge on any atom is 0.256 e. The Labute approximate surface area is 176 Å². The van der Waals surface area contributed by atoms with Gasteiger partial charge in [-0.3, -0.25) is 4.79 Å². The minimum Gasteiger partial charge on any atom is -0.495 e. The molecule has 0 bridgehead atoms. The molecule has 1 fully saturated rings. The zero-order valence-corrected chi connectivity index (χ0v) is 18.1. The average Bonchev–Trinajstić information content (AvgIpc) is 2.70. The number of carbonyl (C=O) groups is 1. The van der Waals surface area contributed by atoms with Gasteiger partial charge in [-0.25, -0.2) is 8.42 Å². The van der Waals surface area contributed by atoms with E-state index in [1.54, 1.807) is 18.2 Å². The third-order valence-corrected chi connectivity index (χ3v) is 7.03. The molecule has 10 heteroatoms. The van der Waals surface area contributed by atoms with Crippen LogP contribution in [0.3, 0.4) is 0 Å². The van der Waals surface area contributed by atoms with Gasteiger partial charge < -0.3 is 14.8 Å². The van der Waals surface area contributed by atoms with Crippen molar-refractivity contribution < 1.29 is 22.7 Å². The van der Waals surface area contributed by atoms with E-state index in [1.807, 2.05) is 0 Å². The van der Waals surface area contributed by atoms with Crippen molar-refractivity contribution >= 4 is 49.1 Å². The van der Waals surface area contributed by atoms with Gasteiger partial charge in [-0.15, -0.1) is 0 Å². The summed E-state index contributed by atoms with van der Waals surface area (Å²) in [4.78, 5) is 12.6. The molecule has 1 saturated heterocycles. The van der Waals surface area contributed by atoms with Gasteiger partial charge in [0.1, 0.15) is 10.6 Å². The van der Waals surface area contributed by atoms with Gasteiger partial charge in [-0.2, -0.15) is 4.31 Å². The van der Waals surface area contributed by atoms with E-state index >= 15 is 0 Å². The van der Waals surface area contributed by atoms with Crippen LogP contribution in [-0.2, 0) is 14.8 Å². The fourth-order valence-corrected chi connectivity index (χ4v) is 4.94. The maximum absolute atomic E-state index is 13.0. The first-order chi connectivity index (χ1) is 13.3. The number of rotatable bonds is 5. The SMILES string of the molecule is COc1ccc(NC(=O)c2cc(Cl)ccc2Br)cc1S(=O)(=O)N1CCOCC1. The fraction of sp³-hybridized carbons (Fsp3) is 0.278. The highest BCUT2D eigenvalue weighted by Crippen LogP contribution is 2.31. The highest BCUT2D eigenvalue weighted by molar-refractivity contribution is 9.10. The first-order valence-electron chi connectivity index (χ1n) is 8.35. The topological polar surface area (TPSA) is 84.9 Å². The monoisotopic (exact) mass is 488 g/mol. The molecule has 0 atom stereocenters. The van der Waals surface area contributed by atoms with Gasteiger partial charge in [0, 0.05) is 28.3 Å². The zero-order valence-electron chi connectivity index (χ0n) is 14.9. The molecule has 0 spiro atoms. The molecule has 0 saturated carbocycles. The average molecular weight is 490 g/mol. The van der Waals surface area contributed by atoms with Crippen LogP contribution in [0.15, 0.2) is 45.8 Å². The number of morpholine rings is 1. The molecule has 150 valence electrons. The second-order valence-electron chi connectivity index (χ2n) is 5.96. The van der Waals surface area contributed by atoms with Crippen LogP contribution in [0.4, 0.5) is 5.69 Å². The second kappa shape index (κ2) is 8.79. The molecule has 0 aromatic heterocycles. The van der Waals surface area contributed by atoms with Crippen LogP contribution in [0.1, 0.15) is 10.4 Å². The lowest BCUT2D eigenvalue weighted by molar-refractivity contribution is 0.0729. The highest BCUT2D eigenvalue weighted by atomic mass is 79.9. The van der Waals surface area contributed by atoms with Crippen LogP contribution in [-0.4, -0.2) is 52.0 Å². The molecule has 0 aliphatic carbocycles. The molecule has 1 aliphatic rings. The zero-order chi connectivity index (χ0) is 20.3. The number of anilines is 1. The van der Waals surface area contributed by atoms with Gasteiger partial charge in [0.2, 0.25) is 10.0 Å². The van der Waals surface area contributed by atoms with Crippen molar-refractivity contribution in [1.82, 2.24) is 4.31 Å². The lowest BCUT2D eigenvalue weighted by Gasteiger charge is -2.26. The van der Waals surface area contributed by atoms with Gasteiger partial charge in [0.15, 0.2) is 0 Å². The molecule has 1 N–H and O–H groups in total. The molecule has 7 nitrogen and oxygen atoms in total. The van der Waals surface area contributed by atoms with Crippen LogP contribution >= 0.6 is 27.5 Å². The Morgan fingerprint density at radius 2 is 1.93 bits per heavy atom. The van der Waals surface area contributed by atoms with Crippen molar-refractivity contribution in [1.29, 1.82) is 0 Å². The van der Waals surface area contributed by atoms with E-state index in [2.05, 4.69) is 21.2 Å². The van der Waals surface area contributed by atoms with E-state index in [1.165, 1.54) is 29.6 Å². The van der Waals surface area contributed by atoms with Crippen LogP contribution < -0.4 is 10.1 Å². The minimum atomic E-state index is -3.80. The lowest BCUT2D eigenvalue weighted by atomic mass is 10.2. The van der Waals surface area contributed by atoms with Crippen molar-refractivity contribution in [2.75, 3.05) is 38.7 Å². The van der Waals surface area contributed by atoms with E-state index < -0.39 is 15.9 Å². The van der Waals surface area contributed by atoms with Crippen molar-refractivity contribution in [2.45, 2.75) is 4.90 Å². The summed E-state index contributed by atoms with van der Waals surface area (Å²) in [6, 6.07) is 9.32. The van der Waals surface area contributed by atoms with Crippen LogP contribution in [0.2, 0.25) is 5.02 Å². The van der Waals surface area contributed by atoms with Crippen LogP contribution in [0.25, 0.3) is 0 Å². The van der Waals surface area contributed by atoms with E-state index in [0.717, 1.165) is 0 Å². The first-order valence-corrected chi connectivity index (χ1v) is 11.0. The largest absolute Gasteiger partial charge is 0.495 e. The Morgan fingerprint density at radius 1 is 1.21 bits per heavy atom. The molecular weight excluding hydrogens is 472 g/mol. The predicted octanol–water partition coefficient (Wildman–Crippen LogP) is 3.38. The maximum atomic E-state index is 13.0. The van der Waals surface area contributed by atoms with Crippen molar-refractivity contribution in [3.63, 3.8) is 0 Å². The number of benzene rings is 2. The fourth-order valence-electron chi connectivity index (χ4n) is 2.75. The quantitative estimate of drug-likeness (QED) is 0.696.